The van der Waals surface area contributed by atoms with E-state index in [4.69, 9.17) is 35.9 Å². The number of hydrogen-bond acceptors (Lipinski definition) is 7. The fourth-order valence-electron chi connectivity index (χ4n) is 4.12. The van der Waals surface area contributed by atoms with Gasteiger partial charge in [-0.25, -0.2) is 0 Å². The second kappa shape index (κ2) is 11.3. The molecule has 0 aliphatic carbocycles. The number of ether oxygens (including phenoxy) is 3. The molecule has 1 unspecified atom stereocenters. The molecule has 0 saturated carbocycles. The van der Waals surface area contributed by atoms with Gasteiger partial charge in [0.25, 0.3) is 5.89 Å². The van der Waals surface area contributed by atoms with Crippen LogP contribution in [0, 0.1) is 0 Å². The minimum Gasteiger partial charge on any atom is -0.493 e. The summed E-state index contributed by atoms with van der Waals surface area (Å²) in [6.45, 7) is 6.08. The van der Waals surface area contributed by atoms with Crippen molar-refractivity contribution in [2.75, 3.05) is 34.0 Å². The molecule has 0 bridgehead atoms. The van der Waals surface area contributed by atoms with Crippen LogP contribution >= 0.6 is 12.2 Å². The number of benzene rings is 2. The molecule has 3 aromatic rings. The smallest absolute Gasteiger partial charge is 0.258 e. The highest BCUT2D eigenvalue weighted by molar-refractivity contribution is 7.80. The summed E-state index contributed by atoms with van der Waals surface area (Å²) in [5, 5.41) is 8.36. The highest BCUT2D eigenvalue weighted by atomic mass is 32.1. The number of nitrogens with zero attached hydrogens (tertiary/aromatic N) is 3. The van der Waals surface area contributed by atoms with Crippen molar-refractivity contribution >= 4 is 22.9 Å². The van der Waals surface area contributed by atoms with Crippen LogP contribution in [0.4, 0.5) is 0 Å². The van der Waals surface area contributed by atoms with E-state index in [1.165, 1.54) is 0 Å². The second-order valence-corrected chi connectivity index (χ2v) is 8.37. The normalized spacial score (nSPS) is 15.8. The third-order valence-corrected chi connectivity index (χ3v) is 6.24. The maximum absolute atomic E-state index is 5.80. The summed E-state index contributed by atoms with van der Waals surface area (Å²) in [5.41, 5.74) is 3.63. The minimum absolute atomic E-state index is 0.311. The number of methoxy groups -OCH3 is 2. The number of allylic oxidation sites excluding steroid dienone is 1. The average Bonchev–Trinajstić information content (AvgIpc) is 3.37. The molecule has 0 fully saturated rings. The van der Waals surface area contributed by atoms with Crippen molar-refractivity contribution in [2.24, 2.45) is 0 Å². The lowest BCUT2D eigenvalue weighted by Crippen LogP contribution is -2.46. The van der Waals surface area contributed by atoms with Crippen LogP contribution in [0.15, 0.2) is 58.8 Å². The summed E-state index contributed by atoms with van der Waals surface area (Å²) >= 11 is 5.77. The Bertz CT molecular complexity index is 1200. The number of hydrogen-bond donors (Lipinski definition) is 1. The summed E-state index contributed by atoms with van der Waals surface area (Å²) < 4.78 is 22.3. The van der Waals surface area contributed by atoms with Gasteiger partial charge in [-0.05, 0) is 50.2 Å². The third-order valence-electron chi connectivity index (χ3n) is 5.90. The van der Waals surface area contributed by atoms with Gasteiger partial charge in [-0.3, -0.25) is 0 Å². The van der Waals surface area contributed by atoms with Crippen molar-refractivity contribution in [1.29, 1.82) is 0 Å². The van der Waals surface area contributed by atoms with Crippen molar-refractivity contribution < 1.29 is 18.7 Å². The van der Waals surface area contributed by atoms with Gasteiger partial charge in [0.05, 0.1) is 25.8 Å². The number of thiocarbonyl (C=S) groups is 1. The van der Waals surface area contributed by atoms with Crippen LogP contribution in [0.25, 0.3) is 17.0 Å². The number of rotatable bonds is 10. The van der Waals surface area contributed by atoms with Crippen molar-refractivity contribution in [1.82, 2.24) is 20.4 Å². The first kappa shape index (κ1) is 24.7. The first-order chi connectivity index (χ1) is 17.1. The summed E-state index contributed by atoms with van der Waals surface area (Å²) in [4.78, 5) is 6.81. The lowest BCUT2D eigenvalue weighted by molar-refractivity contribution is 0.141. The van der Waals surface area contributed by atoms with Gasteiger partial charge in [0.2, 0.25) is 5.82 Å². The molecule has 184 valence electrons. The van der Waals surface area contributed by atoms with E-state index < -0.39 is 0 Å². The molecule has 2 aromatic carbocycles. The molecule has 1 atom stereocenters. The van der Waals surface area contributed by atoms with E-state index >= 15 is 0 Å². The average molecular weight is 495 g/mol. The van der Waals surface area contributed by atoms with Crippen LogP contribution in [0.1, 0.15) is 37.8 Å². The Labute approximate surface area is 210 Å². The van der Waals surface area contributed by atoms with Gasteiger partial charge in [0.15, 0.2) is 16.6 Å². The van der Waals surface area contributed by atoms with E-state index in [0.717, 1.165) is 28.8 Å². The van der Waals surface area contributed by atoms with E-state index in [-0.39, 0.29) is 6.04 Å². The van der Waals surface area contributed by atoms with Crippen molar-refractivity contribution in [3.05, 3.63) is 65.7 Å². The van der Waals surface area contributed by atoms with Gasteiger partial charge in [0, 0.05) is 31.0 Å². The Morgan fingerprint density at radius 1 is 1.09 bits per heavy atom. The summed E-state index contributed by atoms with van der Waals surface area (Å²) in [7, 11) is 3.23. The first-order valence-corrected chi connectivity index (χ1v) is 12.0. The predicted octanol–water partition coefficient (Wildman–Crippen LogP) is 4.84. The maximum Gasteiger partial charge on any atom is 0.258 e. The van der Waals surface area contributed by atoms with E-state index in [0.29, 0.717) is 48.1 Å². The predicted molar refractivity (Wildman–Crippen MR) is 138 cm³/mol. The van der Waals surface area contributed by atoms with Crippen LogP contribution in [0.5, 0.6) is 11.5 Å². The first-order valence-electron chi connectivity index (χ1n) is 11.5. The molecule has 1 aliphatic rings. The molecule has 1 aliphatic heterocycles. The third kappa shape index (κ3) is 5.31. The minimum atomic E-state index is -0.311. The molecule has 1 N–H and O–H groups in total. The molecule has 2 heterocycles. The van der Waals surface area contributed by atoms with Crippen molar-refractivity contribution in [3.63, 3.8) is 0 Å². The van der Waals surface area contributed by atoms with Gasteiger partial charge in [-0.2, -0.15) is 4.98 Å². The molecular formula is C26H30N4O4S. The van der Waals surface area contributed by atoms with Gasteiger partial charge >= 0.3 is 0 Å². The maximum atomic E-state index is 5.80. The topological polar surface area (TPSA) is 81.9 Å². The summed E-state index contributed by atoms with van der Waals surface area (Å²) in [6.07, 6.45) is 0.834. The number of aromatic nitrogens is 2. The quantitative estimate of drug-likeness (QED) is 0.314. The zero-order valence-corrected chi connectivity index (χ0v) is 21.2. The van der Waals surface area contributed by atoms with Gasteiger partial charge in [-0.15, -0.1) is 0 Å². The Kier molecular flexibility index (Phi) is 7.99. The van der Waals surface area contributed by atoms with Gasteiger partial charge < -0.3 is 29.0 Å². The summed E-state index contributed by atoms with van der Waals surface area (Å²) in [5.74, 6) is 2.25. The lowest BCUT2D eigenvalue weighted by atomic mass is 9.94. The van der Waals surface area contributed by atoms with Crippen LogP contribution < -0.4 is 14.8 Å². The monoisotopic (exact) mass is 494 g/mol. The molecule has 35 heavy (non-hydrogen) atoms. The molecule has 4 rings (SSSR count). The molecule has 0 saturated heterocycles. The molecular weight excluding hydrogens is 464 g/mol. The van der Waals surface area contributed by atoms with Crippen LogP contribution in [0.3, 0.4) is 0 Å². The highest BCUT2D eigenvalue weighted by Crippen LogP contribution is 2.40. The standard InChI is InChI=1S/C26H30N4O4S/c1-5-33-15-9-14-30-17(2)22(25-28-24(29-34-25)18-10-7-6-8-11-18)23(27-26(30)35)19-12-13-20(31-3)21(16-19)32-4/h6-8,10-13,16,23H,5,9,14-15H2,1-4H3,(H,27,35). The Morgan fingerprint density at radius 2 is 1.86 bits per heavy atom. The number of nitrogens with one attached hydrogen (secondary N) is 1. The van der Waals surface area contributed by atoms with Crippen molar-refractivity contribution in [2.45, 2.75) is 26.3 Å². The zero-order valence-electron chi connectivity index (χ0n) is 20.4. The molecule has 9 heteroatoms. The van der Waals surface area contributed by atoms with Crippen LogP contribution in [0.2, 0.25) is 0 Å². The Balaban J connectivity index is 1.76. The molecule has 0 radical (unpaired) electrons. The van der Waals surface area contributed by atoms with E-state index in [2.05, 4.69) is 15.4 Å². The fraction of sp³-hybridized carbons (Fsp3) is 0.346. The molecule has 1 aromatic heterocycles. The Hall–Kier alpha value is -3.43. The summed E-state index contributed by atoms with van der Waals surface area (Å²) in [6, 6.07) is 15.2. The van der Waals surface area contributed by atoms with Gasteiger partial charge in [0.1, 0.15) is 0 Å². The molecule has 8 nitrogen and oxygen atoms in total. The van der Waals surface area contributed by atoms with Gasteiger partial charge in [-0.1, -0.05) is 41.6 Å². The van der Waals surface area contributed by atoms with Crippen LogP contribution in [-0.4, -0.2) is 54.1 Å². The largest absolute Gasteiger partial charge is 0.493 e. The Morgan fingerprint density at radius 3 is 2.57 bits per heavy atom. The second-order valence-electron chi connectivity index (χ2n) is 7.99. The van der Waals surface area contributed by atoms with Crippen molar-refractivity contribution in [3.8, 4) is 22.9 Å². The molecule has 0 spiro atoms. The SMILES string of the molecule is CCOCCCN1C(=S)NC(c2ccc(OC)c(OC)c2)C(c2nc(-c3ccccc3)no2)=C1C. The van der Waals surface area contributed by atoms with E-state index in [9.17, 15) is 0 Å². The molecule has 0 amide bonds. The highest BCUT2D eigenvalue weighted by Gasteiger charge is 2.34. The van der Waals surface area contributed by atoms with E-state index in [1.54, 1.807) is 14.2 Å². The lowest BCUT2D eigenvalue weighted by Gasteiger charge is -2.37. The van der Waals surface area contributed by atoms with Crippen LogP contribution in [-0.2, 0) is 4.74 Å². The fourth-order valence-corrected chi connectivity index (χ4v) is 4.46. The zero-order chi connectivity index (χ0) is 24.8. The van der Waals surface area contributed by atoms with E-state index in [1.807, 2.05) is 62.4 Å².